The number of carbonyl (C=O) groups excluding carboxylic acids is 2. The number of amides is 4. The van der Waals surface area contributed by atoms with Gasteiger partial charge in [0, 0.05) is 31.7 Å². The molecule has 8 nitrogen and oxygen atoms in total. The van der Waals surface area contributed by atoms with Gasteiger partial charge >= 0.3 is 18.0 Å². The summed E-state index contributed by atoms with van der Waals surface area (Å²) in [5, 5.41) is 11.8. The molecular weight excluding hydrogens is 276 g/mol. The molecule has 1 unspecified atom stereocenters. The Balaban J connectivity index is 2.07. The van der Waals surface area contributed by atoms with Gasteiger partial charge in [0.2, 0.25) is 0 Å². The zero-order valence-corrected chi connectivity index (χ0v) is 12.6. The van der Waals surface area contributed by atoms with Crippen LogP contribution in [0.15, 0.2) is 0 Å². The Labute approximate surface area is 123 Å². The number of fused-ring (bicyclic) bond motifs is 1. The van der Waals surface area contributed by atoms with Crippen molar-refractivity contribution in [1.29, 1.82) is 0 Å². The van der Waals surface area contributed by atoms with Gasteiger partial charge in [-0.25, -0.2) is 9.59 Å². The third-order valence-electron chi connectivity index (χ3n) is 3.84. The van der Waals surface area contributed by atoms with Gasteiger partial charge in [-0.15, -0.1) is 0 Å². The monoisotopic (exact) mass is 298 g/mol. The molecule has 1 atom stereocenters. The number of rotatable bonds is 2. The van der Waals surface area contributed by atoms with E-state index >= 15 is 0 Å². The molecular formula is C13H22N4O4. The van der Waals surface area contributed by atoms with E-state index in [0.29, 0.717) is 26.2 Å². The van der Waals surface area contributed by atoms with E-state index in [2.05, 4.69) is 5.32 Å². The van der Waals surface area contributed by atoms with Crippen LogP contribution in [0.25, 0.3) is 0 Å². The fourth-order valence-corrected chi connectivity index (χ4v) is 2.68. The fraction of sp³-hybridized carbons (Fsp3) is 0.769. The Bertz CT molecular complexity index is 460. The van der Waals surface area contributed by atoms with Crippen molar-refractivity contribution in [3.63, 3.8) is 0 Å². The largest absolute Gasteiger partial charge is 0.480 e. The first-order valence-corrected chi connectivity index (χ1v) is 7.03. The maximum Gasteiger partial charge on any atom is 0.323 e. The van der Waals surface area contributed by atoms with Gasteiger partial charge in [-0.3, -0.25) is 4.79 Å². The molecule has 0 saturated carbocycles. The smallest absolute Gasteiger partial charge is 0.323 e. The molecule has 21 heavy (non-hydrogen) atoms. The average Bonchev–Trinajstić information content (AvgIpc) is 2.75. The molecule has 0 aliphatic carbocycles. The van der Waals surface area contributed by atoms with Gasteiger partial charge in [0.1, 0.15) is 6.54 Å². The molecule has 2 saturated heterocycles. The minimum absolute atomic E-state index is 0.0261. The summed E-state index contributed by atoms with van der Waals surface area (Å²) in [5.74, 6) is -1.03. The van der Waals surface area contributed by atoms with Crippen molar-refractivity contribution in [1.82, 2.24) is 20.0 Å². The average molecular weight is 298 g/mol. The lowest BCUT2D eigenvalue weighted by molar-refractivity contribution is -0.138. The Hall–Kier alpha value is -1.99. The molecule has 0 radical (unpaired) electrons. The lowest BCUT2D eigenvalue weighted by Crippen LogP contribution is -2.60. The standard InChI is InChI=1S/C13H22N4O4/c1-13(2,3)17(8-10(18)19)12(21)15-4-5-16-9(7-15)6-14-11(16)20/h9H,4-8H2,1-3H3,(H,14,20)(H,18,19). The van der Waals surface area contributed by atoms with Crippen molar-refractivity contribution in [2.75, 3.05) is 32.7 Å². The van der Waals surface area contributed by atoms with E-state index in [-0.39, 0.29) is 24.6 Å². The topological polar surface area (TPSA) is 93.2 Å². The summed E-state index contributed by atoms with van der Waals surface area (Å²) in [6, 6.07) is -0.406. The van der Waals surface area contributed by atoms with E-state index in [1.54, 1.807) is 9.80 Å². The molecule has 0 aromatic carbocycles. The van der Waals surface area contributed by atoms with Crippen LogP contribution in [0.1, 0.15) is 20.8 Å². The molecule has 0 bridgehead atoms. The van der Waals surface area contributed by atoms with Gasteiger partial charge in [0.15, 0.2) is 0 Å². The van der Waals surface area contributed by atoms with E-state index < -0.39 is 11.5 Å². The van der Waals surface area contributed by atoms with Crippen LogP contribution >= 0.6 is 0 Å². The molecule has 2 aliphatic heterocycles. The summed E-state index contributed by atoms with van der Waals surface area (Å²) < 4.78 is 0. The van der Waals surface area contributed by atoms with Gasteiger partial charge in [0.25, 0.3) is 0 Å². The van der Waals surface area contributed by atoms with Crippen LogP contribution in [0.3, 0.4) is 0 Å². The highest BCUT2D eigenvalue weighted by Crippen LogP contribution is 2.20. The number of aliphatic carboxylic acids is 1. The summed E-state index contributed by atoms with van der Waals surface area (Å²) >= 11 is 0. The highest BCUT2D eigenvalue weighted by atomic mass is 16.4. The fourth-order valence-electron chi connectivity index (χ4n) is 2.68. The first kappa shape index (κ1) is 15.4. The van der Waals surface area contributed by atoms with Crippen molar-refractivity contribution >= 4 is 18.0 Å². The van der Waals surface area contributed by atoms with Gasteiger partial charge < -0.3 is 25.1 Å². The number of nitrogens with zero attached hydrogens (tertiary/aromatic N) is 3. The van der Waals surface area contributed by atoms with Gasteiger partial charge in [-0.05, 0) is 20.8 Å². The van der Waals surface area contributed by atoms with Gasteiger partial charge in [0.05, 0.1) is 6.04 Å². The predicted octanol–water partition coefficient (Wildman–Crippen LogP) is 0.000900. The van der Waals surface area contributed by atoms with Crippen molar-refractivity contribution in [2.45, 2.75) is 32.4 Å². The minimum Gasteiger partial charge on any atom is -0.480 e. The second-order valence-electron chi connectivity index (χ2n) is 6.41. The number of nitrogens with one attached hydrogen (secondary N) is 1. The zero-order chi connectivity index (χ0) is 15.8. The van der Waals surface area contributed by atoms with E-state index in [1.165, 1.54) is 4.90 Å². The molecule has 4 amide bonds. The van der Waals surface area contributed by atoms with Crippen LogP contribution in [-0.4, -0.2) is 82.1 Å². The molecule has 2 fully saturated rings. The molecule has 0 spiro atoms. The lowest BCUT2D eigenvalue weighted by Gasteiger charge is -2.42. The Morgan fingerprint density at radius 3 is 2.62 bits per heavy atom. The third-order valence-corrected chi connectivity index (χ3v) is 3.84. The molecule has 2 heterocycles. The summed E-state index contributed by atoms with van der Waals surface area (Å²) in [7, 11) is 0. The molecule has 8 heteroatoms. The van der Waals surface area contributed by atoms with E-state index in [1.807, 2.05) is 20.8 Å². The summed E-state index contributed by atoms with van der Waals surface area (Å²) in [4.78, 5) is 39.9. The highest BCUT2D eigenvalue weighted by molar-refractivity contribution is 5.82. The SMILES string of the molecule is CC(C)(C)N(CC(=O)O)C(=O)N1CCN2C(=O)NCC2C1. The Morgan fingerprint density at radius 2 is 2.05 bits per heavy atom. The molecule has 2 aliphatic rings. The second kappa shape index (κ2) is 5.42. The van der Waals surface area contributed by atoms with Crippen LogP contribution in [0.5, 0.6) is 0 Å². The lowest BCUT2D eigenvalue weighted by atomic mass is 10.1. The van der Waals surface area contributed by atoms with Crippen molar-refractivity contribution in [3.8, 4) is 0 Å². The quantitative estimate of drug-likeness (QED) is 0.750. The number of hydrogen-bond acceptors (Lipinski definition) is 3. The first-order valence-electron chi connectivity index (χ1n) is 7.03. The van der Waals surface area contributed by atoms with Gasteiger partial charge in [-0.2, -0.15) is 0 Å². The molecule has 0 aromatic rings. The van der Waals surface area contributed by atoms with E-state index in [0.717, 1.165) is 0 Å². The molecule has 2 rings (SSSR count). The summed E-state index contributed by atoms with van der Waals surface area (Å²) in [6.45, 7) is 6.97. The Kier molecular flexibility index (Phi) is 3.97. The second-order valence-corrected chi connectivity index (χ2v) is 6.41. The van der Waals surface area contributed by atoms with Crippen LogP contribution < -0.4 is 5.32 Å². The van der Waals surface area contributed by atoms with Crippen molar-refractivity contribution in [2.24, 2.45) is 0 Å². The number of piperazine rings is 1. The highest BCUT2D eigenvalue weighted by Gasteiger charge is 2.39. The number of carboxylic acids is 1. The van der Waals surface area contributed by atoms with Crippen LogP contribution in [0.2, 0.25) is 0 Å². The molecule has 118 valence electrons. The van der Waals surface area contributed by atoms with Crippen LogP contribution in [0.4, 0.5) is 9.59 Å². The van der Waals surface area contributed by atoms with Crippen molar-refractivity contribution < 1.29 is 19.5 Å². The molecule has 2 N–H and O–H groups in total. The van der Waals surface area contributed by atoms with E-state index in [4.69, 9.17) is 5.11 Å². The minimum atomic E-state index is -1.03. The number of carboxylic acid groups (broad SMARTS) is 1. The number of hydrogen-bond donors (Lipinski definition) is 2. The van der Waals surface area contributed by atoms with Crippen LogP contribution in [-0.2, 0) is 4.79 Å². The normalized spacial score (nSPS) is 21.9. The number of urea groups is 2. The summed E-state index contributed by atoms with van der Waals surface area (Å²) in [6.07, 6.45) is 0. The zero-order valence-electron chi connectivity index (χ0n) is 12.6. The van der Waals surface area contributed by atoms with E-state index in [9.17, 15) is 14.4 Å². The summed E-state index contributed by atoms with van der Waals surface area (Å²) in [5.41, 5.74) is -0.573. The predicted molar refractivity (Wildman–Crippen MR) is 75.0 cm³/mol. The maximum absolute atomic E-state index is 12.6. The Morgan fingerprint density at radius 1 is 1.38 bits per heavy atom. The van der Waals surface area contributed by atoms with Crippen molar-refractivity contribution in [3.05, 3.63) is 0 Å². The maximum atomic E-state index is 12.6. The molecule has 0 aromatic heterocycles. The third kappa shape index (κ3) is 3.20. The van der Waals surface area contributed by atoms with Gasteiger partial charge in [-0.1, -0.05) is 0 Å². The van der Waals surface area contributed by atoms with Crippen LogP contribution in [0, 0.1) is 0 Å². The first-order chi connectivity index (χ1) is 9.70. The number of carbonyl (C=O) groups is 3.